The van der Waals surface area contributed by atoms with Crippen molar-refractivity contribution in [2.24, 2.45) is 7.05 Å². The minimum absolute atomic E-state index is 0.126. The molecule has 0 saturated heterocycles. The Morgan fingerprint density at radius 1 is 1.47 bits per heavy atom. The molecule has 19 heavy (non-hydrogen) atoms. The van der Waals surface area contributed by atoms with Gasteiger partial charge in [0.2, 0.25) is 0 Å². The van der Waals surface area contributed by atoms with Crippen LogP contribution in [0.15, 0.2) is 29.3 Å². The van der Waals surface area contributed by atoms with E-state index in [-0.39, 0.29) is 21.4 Å². The van der Waals surface area contributed by atoms with E-state index in [2.05, 4.69) is 9.82 Å². The molecule has 3 N–H and O–H groups in total. The molecule has 0 aliphatic carbocycles. The summed E-state index contributed by atoms with van der Waals surface area (Å²) in [5.41, 5.74) is 5.04. The van der Waals surface area contributed by atoms with Crippen LogP contribution in [-0.4, -0.2) is 18.2 Å². The fourth-order valence-corrected chi connectivity index (χ4v) is 2.96. The number of aryl methyl sites for hydroxylation is 1. The molecule has 0 radical (unpaired) electrons. The van der Waals surface area contributed by atoms with Crippen LogP contribution in [-0.2, 0) is 17.1 Å². The van der Waals surface area contributed by atoms with E-state index in [1.54, 1.807) is 13.2 Å². The van der Waals surface area contributed by atoms with Crippen LogP contribution in [0.4, 0.5) is 15.9 Å². The van der Waals surface area contributed by atoms with E-state index in [9.17, 15) is 12.8 Å². The van der Waals surface area contributed by atoms with E-state index < -0.39 is 15.8 Å². The van der Waals surface area contributed by atoms with E-state index >= 15 is 0 Å². The molecule has 0 amide bonds. The SMILES string of the molecule is Cn1ccc(NS(=O)(=O)c2cc(N)c(F)cc2Cl)n1. The molecule has 6 nitrogen and oxygen atoms in total. The van der Waals surface area contributed by atoms with Gasteiger partial charge in [0.1, 0.15) is 10.7 Å². The Labute approximate surface area is 114 Å². The van der Waals surface area contributed by atoms with Crippen molar-refractivity contribution in [2.75, 3.05) is 10.5 Å². The summed E-state index contributed by atoms with van der Waals surface area (Å²) in [7, 11) is -2.33. The Kier molecular flexibility index (Phi) is 3.38. The first-order valence-electron chi connectivity index (χ1n) is 5.06. The molecular formula is C10H10ClFN4O2S. The van der Waals surface area contributed by atoms with Crippen molar-refractivity contribution in [3.8, 4) is 0 Å². The monoisotopic (exact) mass is 304 g/mol. The number of aromatic nitrogens is 2. The number of nitrogens with zero attached hydrogens (tertiary/aromatic N) is 2. The van der Waals surface area contributed by atoms with Gasteiger partial charge in [0.05, 0.1) is 10.7 Å². The average Bonchev–Trinajstić information content (AvgIpc) is 2.68. The van der Waals surface area contributed by atoms with Crippen LogP contribution in [0.25, 0.3) is 0 Å². The van der Waals surface area contributed by atoms with Crippen LogP contribution in [0.1, 0.15) is 0 Å². The van der Waals surface area contributed by atoms with Gasteiger partial charge in [0, 0.05) is 19.3 Å². The molecule has 9 heteroatoms. The smallest absolute Gasteiger partial charge is 0.264 e. The zero-order valence-corrected chi connectivity index (χ0v) is 11.3. The predicted molar refractivity (Wildman–Crippen MR) is 69.8 cm³/mol. The van der Waals surface area contributed by atoms with Gasteiger partial charge in [-0.2, -0.15) is 5.10 Å². The largest absolute Gasteiger partial charge is 0.396 e. The second-order valence-corrected chi connectivity index (χ2v) is 5.84. The van der Waals surface area contributed by atoms with E-state index in [0.29, 0.717) is 0 Å². The maximum atomic E-state index is 13.1. The molecule has 2 aromatic rings. The first-order chi connectivity index (χ1) is 8.79. The van der Waals surface area contributed by atoms with Crippen LogP contribution in [0.3, 0.4) is 0 Å². The number of halogens is 2. The van der Waals surface area contributed by atoms with Gasteiger partial charge in [0.15, 0.2) is 5.82 Å². The van der Waals surface area contributed by atoms with Crippen molar-refractivity contribution in [3.63, 3.8) is 0 Å². The maximum Gasteiger partial charge on any atom is 0.264 e. The Morgan fingerprint density at radius 2 is 2.16 bits per heavy atom. The Balaban J connectivity index is 2.42. The summed E-state index contributed by atoms with van der Waals surface area (Å²) >= 11 is 5.72. The average molecular weight is 305 g/mol. The summed E-state index contributed by atoms with van der Waals surface area (Å²) in [4.78, 5) is -0.307. The molecule has 0 bridgehead atoms. The van der Waals surface area contributed by atoms with Crippen molar-refractivity contribution in [3.05, 3.63) is 35.2 Å². The van der Waals surface area contributed by atoms with Gasteiger partial charge in [-0.15, -0.1) is 0 Å². The van der Waals surface area contributed by atoms with Crippen molar-refractivity contribution < 1.29 is 12.8 Å². The van der Waals surface area contributed by atoms with Crippen LogP contribution in [0.5, 0.6) is 0 Å². The normalized spacial score (nSPS) is 11.5. The van der Waals surface area contributed by atoms with E-state index in [0.717, 1.165) is 12.1 Å². The summed E-state index contributed by atoms with van der Waals surface area (Å²) in [6, 6.07) is 3.28. The first kappa shape index (κ1) is 13.6. The fraction of sp³-hybridized carbons (Fsp3) is 0.100. The van der Waals surface area contributed by atoms with Crippen molar-refractivity contribution in [2.45, 2.75) is 4.90 Å². The van der Waals surface area contributed by atoms with Gasteiger partial charge >= 0.3 is 0 Å². The highest BCUT2D eigenvalue weighted by atomic mass is 35.5. The standard InChI is InChI=1S/C10H10ClFN4O2S/c1-16-3-2-10(14-16)15-19(17,18)9-5-8(13)7(12)4-6(9)11/h2-5H,13H2,1H3,(H,14,15). The summed E-state index contributed by atoms with van der Waals surface area (Å²) < 4.78 is 40.9. The Morgan fingerprint density at radius 3 is 2.74 bits per heavy atom. The first-order valence-corrected chi connectivity index (χ1v) is 6.93. The highest BCUT2D eigenvalue weighted by molar-refractivity contribution is 7.92. The number of hydrogen-bond acceptors (Lipinski definition) is 4. The van der Waals surface area contributed by atoms with Gasteiger partial charge in [-0.1, -0.05) is 11.6 Å². The van der Waals surface area contributed by atoms with Crippen LogP contribution in [0, 0.1) is 5.82 Å². The van der Waals surface area contributed by atoms with Crippen LogP contribution in [0.2, 0.25) is 5.02 Å². The molecule has 1 aromatic carbocycles. The molecule has 0 atom stereocenters. The molecule has 102 valence electrons. The third-order valence-corrected chi connectivity index (χ3v) is 4.11. The van der Waals surface area contributed by atoms with Crippen molar-refractivity contribution in [1.82, 2.24) is 9.78 Å². The zero-order valence-electron chi connectivity index (χ0n) is 9.76. The van der Waals surface area contributed by atoms with Gasteiger partial charge < -0.3 is 5.73 Å². The number of nitrogens with one attached hydrogen (secondary N) is 1. The molecular weight excluding hydrogens is 295 g/mol. The molecule has 0 saturated carbocycles. The lowest BCUT2D eigenvalue weighted by molar-refractivity contribution is 0.600. The van der Waals surface area contributed by atoms with E-state index in [1.807, 2.05) is 0 Å². The lowest BCUT2D eigenvalue weighted by atomic mass is 10.3. The molecule has 2 rings (SSSR count). The molecule has 1 heterocycles. The number of anilines is 2. The molecule has 0 spiro atoms. The molecule has 0 fully saturated rings. The van der Waals surface area contributed by atoms with Crippen LogP contribution < -0.4 is 10.5 Å². The number of benzene rings is 1. The molecule has 1 aromatic heterocycles. The second-order valence-electron chi connectivity index (χ2n) is 3.78. The van der Waals surface area contributed by atoms with E-state index in [1.165, 1.54) is 10.7 Å². The maximum absolute atomic E-state index is 13.1. The highest BCUT2D eigenvalue weighted by Crippen LogP contribution is 2.27. The number of nitrogen functional groups attached to an aromatic ring is 1. The highest BCUT2D eigenvalue weighted by Gasteiger charge is 2.21. The minimum atomic E-state index is -3.97. The lowest BCUT2D eigenvalue weighted by Gasteiger charge is -2.08. The van der Waals surface area contributed by atoms with E-state index in [4.69, 9.17) is 17.3 Å². The quantitative estimate of drug-likeness (QED) is 0.843. The van der Waals surface area contributed by atoms with Gasteiger partial charge in [0.25, 0.3) is 10.0 Å². The van der Waals surface area contributed by atoms with Gasteiger partial charge in [-0.25, -0.2) is 12.8 Å². The Hall–Kier alpha value is -1.80. The summed E-state index contributed by atoms with van der Waals surface area (Å²) in [5, 5.41) is 3.61. The van der Waals surface area contributed by atoms with Gasteiger partial charge in [-0.3, -0.25) is 9.40 Å². The number of sulfonamides is 1. The Bertz CT molecular complexity index is 729. The lowest BCUT2D eigenvalue weighted by Crippen LogP contribution is -2.14. The number of hydrogen-bond donors (Lipinski definition) is 2. The zero-order chi connectivity index (χ0) is 14.2. The number of nitrogens with two attached hydrogens (primary N) is 1. The summed E-state index contributed by atoms with van der Waals surface area (Å²) in [5.74, 6) is -0.650. The summed E-state index contributed by atoms with van der Waals surface area (Å²) in [6.45, 7) is 0. The predicted octanol–water partition coefficient (Wildman–Crippen LogP) is 1.60. The third kappa shape index (κ3) is 2.79. The van der Waals surface area contributed by atoms with Gasteiger partial charge in [-0.05, 0) is 12.1 Å². The topological polar surface area (TPSA) is 90.0 Å². The molecule has 0 aliphatic rings. The fourth-order valence-electron chi connectivity index (χ4n) is 1.41. The second kappa shape index (κ2) is 4.71. The summed E-state index contributed by atoms with van der Waals surface area (Å²) in [6.07, 6.45) is 1.57. The van der Waals surface area contributed by atoms with Crippen molar-refractivity contribution >= 4 is 33.1 Å². The van der Waals surface area contributed by atoms with Crippen LogP contribution >= 0.6 is 11.6 Å². The van der Waals surface area contributed by atoms with Crippen molar-refractivity contribution in [1.29, 1.82) is 0 Å². The third-order valence-electron chi connectivity index (χ3n) is 2.29. The molecule has 0 aliphatic heterocycles. The molecule has 0 unspecified atom stereocenters. The minimum Gasteiger partial charge on any atom is -0.396 e. The number of rotatable bonds is 3.